The Kier molecular flexibility index (Phi) is 7.35. The molecule has 5 nitrogen and oxygen atoms in total. The Balaban J connectivity index is 1.93. The van der Waals surface area contributed by atoms with Crippen molar-refractivity contribution in [3.8, 4) is 0 Å². The summed E-state index contributed by atoms with van der Waals surface area (Å²) in [5.74, 6) is -1.19. The van der Waals surface area contributed by atoms with E-state index in [-0.39, 0.29) is 18.4 Å². The van der Waals surface area contributed by atoms with Crippen LogP contribution >= 0.6 is 0 Å². The van der Waals surface area contributed by atoms with Gasteiger partial charge in [-0.25, -0.2) is 0 Å². The van der Waals surface area contributed by atoms with Gasteiger partial charge in [-0.15, -0.1) is 0 Å². The third-order valence-electron chi connectivity index (χ3n) is 4.87. The minimum Gasteiger partial charge on any atom is -0.394 e. The third-order valence-corrected chi connectivity index (χ3v) is 4.87. The molecule has 0 aliphatic heterocycles. The van der Waals surface area contributed by atoms with Crippen LogP contribution in [0.3, 0.4) is 0 Å². The molecule has 0 saturated heterocycles. The van der Waals surface area contributed by atoms with Crippen molar-refractivity contribution < 1.29 is 14.7 Å². The monoisotopic (exact) mass is 402 g/mol. The van der Waals surface area contributed by atoms with Crippen molar-refractivity contribution in [2.45, 2.75) is 24.9 Å². The van der Waals surface area contributed by atoms with Crippen LogP contribution in [0, 0.1) is 0 Å². The SMILES string of the molecule is CC(CO)NC(=O)C(NC(=O)C(c1ccccc1)c1ccccc1)c1ccccc1. The summed E-state index contributed by atoms with van der Waals surface area (Å²) in [6, 6.07) is 26.8. The van der Waals surface area contributed by atoms with E-state index in [1.54, 1.807) is 19.1 Å². The number of carbonyl (C=O) groups is 2. The van der Waals surface area contributed by atoms with Crippen molar-refractivity contribution in [3.63, 3.8) is 0 Å². The van der Waals surface area contributed by atoms with Gasteiger partial charge in [0.25, 0.3) is 0 Å². The second-order valence-corrected chi connectivity index (χ2v) is 7.20. The van der Waals surface area contributed by atoms with E-state index in [0.717, 1.165) is 11.1 Å². The van der Waals surface area contributed by atoms with E-state index in [0.29, 0.717) is 5.56 Å². The zero-order chi connectivity index (χ0) is 21.3. The number of benzene rings is 3. The van der Waals surface area contributed by atoms with Crippen LogP contribution in [0.25, 0.3) is 0 Å². The van der Waals surface area contributed by atoms with E-state index in [2.05, 4.69) is 10.6 Å². The maximum atomic E-state index is 13.4. The number of nitrogens with one attached hydrogen (secondary N) is 2. The summed E-state index contributed by atoms with van der Waals surface area (Å²) in [5, 5.41) is 15.0. The molecule has 0 aliphatic carbocycles. The Bertz CT molecular complexity index is 906. The first kappa shape index (κ1) is 21.3. The lowest BCUT2D eigenvalue weighted by Crippen LogP contribution is -2.45. The molecule has 0 aromatic heterocycles. The smallest absolute Gasteiger partial charge is 0.247 e. The molecule has 2 amide bonds. The van der Waals surface area contributed by atoms with Crippen LogP contribution in [-0.4, -0.2) is 29.6 Å². The number of rotatable bonds is 8. The van der Waals surface area contributed by atoms with Crippen LogP contribution in [0.1, 0.15) is 35.6 Å². The van der Waals surface area contributed by atoms with Gasteiger partial charge in [0, 0.05) is 6.04 Å². The molecule has 3 rings (SSSR count). The number of aliphatic hydroxyl groups excluding tert-OH is 1. The van der Waals surface area contributed by atoms with E-state index in [4.69, 9.17) is 0 Å². The molecule has 0 fully saturated rings. The van der Waals surface area contributed by atoms with E-state index < -0.39 is 18.0 Å². The summed E-state index contributed by atoms with van der Waals surface area (Å²) in [6.07, 6.45) is 0. The highest BCUT2D eigenvalue weighted by molar-refractivity contribution is 5.93. The van der Waals surface area contributed by atoms with Crippen molar-refractivity contribution in [2.24, 2.45) is 0 Å². The molecule has 0 saturated carbocycles. The molecule has 3 aromatic rings. The molecule has 5 heteroatoms. The van der Waals surface area contributed by atoms with Gasteiger partial charge in [-0.2, -0.15) is 0 Å². The van der Waals surface area contributed by atoms with Gasteiger partial charge in [0.15, 0.2) is 0 Å². The molecule has 3 aromatic carbocycles. The molecule has 0 bridgehead atoms. The number of hydrogen-bond acceptors (Lipinski definition) is 3. The average molecular weight is 402 g/mol. The quantitative estimate of drug-likeness (QED) is 0.542. The predicted octanol–water partition coefficient (Wildman–Crippen LogP) is 3.17. The second kappa shape index (κ2) is 10.4. The standard InChI is InChI=1S/C25H26N2O3/c1-18(17-28)26-25(30)23(21-15-9-4-10-16-21)27-24(29)22(19-11-5-2-6-12-19)20-13-7-3-8-14-20/h2-16,18,22-23,28H,17H2,1H3,(H,26,30)(H,27,29). The van der Waals surface area contributed by atoms with Crippen molar-refractivity contribution in [3.05, 3.63) is 108 Å². The fourth-order valence-electron chi connectivity index (χ4n) is 3.33. The topological polar surface area (TPSA) is 78.4 Å². The summed E-state index contributed by atoms with van der Waals surface area (Å²) < 4.78 is 0. The second-order valence-electron chi connectivity index (χ2n) is 7.20. The molecule has 30 heavy (non-hydrogen) atoms. The summed E-state index contributed by atoms with van der Waals surface area (Å²) in [4.78, 5) is 26.4. The van der Waals surface area contributed by atoms with Gasteiger partial charge < -0.3 is 15.7 Å². The molecule has 0 aliphatic rings. The van der Waals surface area contributed by atoms with Gasteiger partial charge >= 0.3 is 0 Å². The minimum atomic E-state index is -0.873. The van der Waals surface area contributed by atoms with Crippen molar-refractivity contribution in [1.29, 1.82) is 0 Å². The number of carbonyl (C=O) groups excluding carboxylic acids is 2. The fraction of sp³-hybridized carbons (Fsp3) is 0.200. The molecule has 2 atom stereocenters. The molecule has 0 spiro atoms. The summed E-state index contributed by atoms with van der Waals surface area (Å²) >= 11 is 0. The normalized spacial score (nSPS) is 12.8. The van der Waals surface area contributed by atoms with Crippen molar-refractivity contribution in [2.75, 3.05) is 6.61 Å². The van der Waals surface area contributed by atoms with Crippen LogP contribution in [0.4, 0.5) is 0 Å². The maximum Gasteiger partial charge on any atom is 0.247 e. The van der Waals surface area contributed by atoms with Gasteiger partial charge in [0.2, 0.25) is 11.8 Å². The first-order valence-corrected chi connectivity index (χ1v) is 9.96. The lowest BCUT2D eigenvalue weighted by Gasteiger charge is -2.24. The summed E-state index contributed by atoms with van der Waals surface area (Å²) in [6.45, 7) is 1.52. The van der Waals surface area contributed by atoms with Crippen LogP contribution < -0.4 is 10.6 Å². The minimum absolute atomic E-state index is 0.183. The molecule has 0 radical (unpaired) electrons. The number of aliphatic hydroxyl groups is 1. The molecule has 2 unspecified atom stereocenters. The number of hydrogen-bond donors (Lipinski definition) is 3. The summed E-state index contributed by atoms with van der Waals surface area (Å²) in [5.41, 5.74) is 2.36. The van der Waals surface area contributed by atoms with Gasteiger partial charge in [0.05, 0.1) is 12.5 Å². The third kappa shape index (κ3) is 5.33. The molecule has 0 heterocycles. The van der Waals surface area contributed by atoms with Gasteiger partial charge in [-0.3, -0.25) is 9.59 Å². The Labute approximate surface area is 176 Å². The molecule has 154 valence electrons. The van der Waals surface area contributed by atoms with Crippen molar-refractivity contribution >= 4 is 11.8 Å². The van der Waals surface area contributed by atoms with Crippen LogP contribution in [0.5, 0.6) is 0 Å². The first-order chi connectivity index (χ1) is 14.6. The highest BCUT2D eigenvalue weighted by Gasteiger charge is 2.29. The van der Waals surface area contributed by atoms with Gasteiger partial charge in [-0.1, -0.05) is 91.0 Å². The zero-order valence-corrected chi connectivity index (χ0v) is 16.9. The highest BCUT2D eigenvalue weighted by Crippen LogP contribution is 2.26. The Morgan fingerprint density at radius 1 is 0.700 bits per heavy atom. The first-order valence-electron chi connectivity index (χ1n) is 9.96. The fourth-order valence-corrected chi connectivity index (χ4v) is 3.33. The van der Waals surface area contributed by atoms with E-state index in [1.807, 2.05) is 78.9 Å². The predicted molar refractivity (Wildman–Crippen MR) is 117 cm³/mol. The molecule has 3 N–H and O–H groups in total. The lowest BCUT2D eigenvalue weighted by atomic mass is 9.90. The van der Waals surface area contributed by atoms with Gasteiger partial charge in [-0.05, 0) is 23.6 Å². The van der Waals surface area contributed by atoms with Gasteiger partial charge in [0.1, 0.15) is 6.04 Å². The Hall–Kier alpha value is -3.44. The van der Waals surface area contributed by atoms with Crippen LogP contribution in [-0.2, 0) is 9.59 Å². The summed E-state index contributed by atoms with van der Waals surface area (Å²) in [7, 11) is 0. The van der Waals surface area contributed by atoms with Crippen LogP contribution in [0.15, 0.2) is 91.0 Å². The van der Waals surface area contributed by atoms with E-state index in [9.17, 15) is 14.7 Å². The molecular formula is C25H26N2O3. The Morgan fingerprint density at radius 3 is 1.57 bits per heavy atom. The lowest BCUT2D eigenvalue weighted by molar-refractivity contribution is -0.130. The average Bonchev–Trinajstić information content (AvgIpc) is 2.79. The maximum absolute atomic E-state index is 13.4. The number of amides is 2. The van der Waals surface area contributed by atoms with E-state index >= 15 is 0 Å². The van der Waals surface area contributed by atoms with Crippen molar-refractivity contribution in [1.82, 2.24) is 10.6 Å². The zero-order valence-electron chi connectivity index (χ0n) is 16.9. The molecular weight excluding hydrogens is 376 g/mol. The van der Waals surface area contributed by atoms with E-state index in [1.165, 1.54) is 0 Å². The largest absolute Gasteiger partial charge is 0.394 e. The highest BCUT2D eigenvalue weighted by atomic mass is 16.3. The Morgan fingerprint density at radius 2 is 1.13 bits per heavy atom. The van der Waals surface area contributed by atoms with Crippen LogP contribution in [0.2, 0.25) is 0 Å².